The minimum absolute atomic E-state index is 0.0112. The highest BCUT2D eigenvalue weighted by Gasteiger charge is 2.18. The second-order valence-corrected chi connectivity index (χ2v) is 12.0. The molecular formula is C26H33Cl2N3O5S2. The number of benzene rings is 2. The van der Waals surface area contributed by atoms with Crippen LogP contribution in [0.15, 0.2) is 35.1 Å². The molecule has 0 fully saturated rings. The SMILES string of the molecule is CC(C)OC(=O)N(CCCSCCNCC(O)c1ccc(O)c2[nH]c(=O)sc12)CCc1cccc(Cl)c1Cl. The van der Waals surface area contributed by atoms with E-state index in [0.29, 0.717) is 58.4 Å². The maximum Gasteiger partial charge on any atom is 0.410 e. The molecule has 208 valence electrons. The number of aromatic nitrogens is 1. The van der Waals surface area contributed by atoms with Crippen molar-refractivity contribution in [1.29, 1.82) is 0 Å². The number of carbonyl (C=O) groups is 1. The summed E-state index contributed by atoms with van der Waals surface area (Å²) in [5.74, 6) is 1.69. The summed E-state index contributed by atoms with van der Waals surface area (Å²) in [4.78, 5) is 28.3. The maximum absolute atomic E-state index is 12.6. The first-order valence-corrected chi connectivity index (χ1v) is 15.1. The number of H-pyrrole nitrogens is 1. The van der Waals surface area contributed by atoms with Crippen LogP contribution >= 0.6 is 46.3 Å². The van der Waals surface area contributed by atoms with Crippen LogP contribution in [-0.4, -0.2) is 70.0 Å². The van der Waals surface area contributed by atoms with Gasteiger partial charge in [-0.3, -0.25) is 4.79 Å². The molecule has 0 aliphatic carbocycles. The summed E-state index contributed by atoms with van der Waals surface area (Å²) in [6.45, 7) is 5.73. The highest BCUT2D eigenvalue weighted by atomic mass is 35.5. The van der Waals surface area contributed by atoms with Gasteiger partial charge in [-0.25, -0.2) is 4.79 Å². The van der Waals surface area contributed by atoms with Crippen molar-refractivity contribution in [2.75, 3.05) is 37.7 Å². The van der Waals surface area contributed by atoms with Crippen LogP contribution in [0.5, 0.6) is 5.75 Å². The van der Waals surface area contributed by atoms with Crippen molar-refractivity contribution in [1.82, 2.24) is 15.2 Å². The maximum atomic E-state index is 12.6. The molecule has 3 rings (SSSR count). The van der Waals surface area contributed by atoms with Crippen LogP contribution in [0.1, 0.15) is 37.5 Å². The number of hydrogen-bond donors (Lipinski definition) is 4. The number of rotatable bonds is 14. The van der Waals surface area contributed by atoms with Crippen LogP contribution in [0.4, 0.5) is 4.79 Å². The van der Waals surface area contributed by atoms with Gasteiger partial charge in [0.1, 0.15) is 11.3 Å². The third-order valence-corrected chi connectivity index (χ3v) is 8.56. The fourth-order valence-corrected chi connectivity index (χ4v) is 5.98. The quantitative estimate of drug-likeness (QED) is 0.182. The molecule has 1 aromatic heterocycles. The first-order valence-electron chi connectivity index (χ1n) is 12.4. The molecule has 1 unspecified atom stereocenters. The molecule has 0 aliphatic rings. The lowest BCUT2D eigenvalue weighted by atomic mass is 10.1. The molecule has 0 spiro atoms. The van der Waals surface area contributed by atoms with Gasteiger partial charge in [-0.2, -0.15) is 11.8 Å². The van der Waals surface area contributed by atoms with E-state index in [-0.39, 0.29) is 22.8 Å². The zero-order valence-corrected chi connectivity index (χ0v) is 24.5. The fourth-order valence-electron chi connectivity index (χ4n) is 3.82. The molecule has 8 nitrogen and oxygen atoms in total. The van der Waals surface area contributed by atoms with Gasteiger partial charge in [0.05, 0.1) is 27.0 Å². The summed E-state index contributed by atoms with van der Waals surface area (Å²) in [6, 6.07) is 8.60. The van der Waals surface area contributed by atoms with Crippen molar-refractivity contribution in [3.63, 3.8) is 0 Å². The van der Waals surface area contributed by atoms with Gasteiger partial charge in [0.15, 0.2) is 0 Å². The Bertz CT molecular complexity index is 1270. The molecule has 3 aromatic rings. The Morgan fingerprint density at radius 3 is 2.76 bits per heavy atom. The number of phenols is 1. The van der Waals surface area contributed by atoms with Crippen molar-refractivity contribution >= 4 is 62.6 Å². The van der Waals surface area contributed by atoms with Gasteiger partial charge in [0.2, 0.25) is 0 Å². The van der Waals surface area contributed by atoms with Crippen LogP contribution in [0.2, 0.25) is 10.0 Å². The van der Waals surface area contributed by atoms with Gasteiger partial charge in [-0.15, -0.1) is 0 Å². The summed E-state index contributed by atoms with van der Waals surface area (Å²) in [5, 5.41) is 24.7. The molecule has 12 heteroatoms. The Morgan fingerprint density at radius 1 is 1.21 bits per heavy atom. The lowest BCUT2D eigenvalue weighted by molar-refractivity contribution is 0.0771. The minimum atomic E-state index is -0.803. The molecule has 0 bridgehead atoms. The van der Waals surface area contributed by atoms with Crippen molar-refractivity contribution in [3.8, 4) is 5.75 Å². The number of halogens is 2. The number of thiazole rings is 1. The lowest BCUT2D eigenvalue weighted by Gasteiger charge is -2.23. The van der Waals surface area contributed by atoms with E-state index < -0.39 is 6.10 Å². The number of thioether (sulfide) groups is 1. The third kappa shape index (κ3) is 8.79. The summed E-state index contributed by atoms with van der Waals surface area (Å²) < 4.78 is 5.98. The number of aromatic amines is 1. The number of phenolic OH excluding ortho intramolecular Hbond substituents is 1. The number of aromatic hydroxyl groups is 1. The Labute approximate surface area is 240 Å². The normalized spacial score (nSPS) is 12.3. The molecule has 4 N–H and O–H groups in total. The lowest BCUT2D eigenvalue weighted by Crippen LogP contribution is -2.36. The topological polar surface area (TPSA) is 115 Å². The number of ether oxygens (including phenoxy) is 1. The van der Waals surface area contributed by atoms with Crippen LogP contribution in [0, 0.1) is 0 Å². The highest BCUT2D eigenvalue weighted by molar-refractivity contribution is 7.99. The zero-order valence-electron chi connectivity index (χ0n) is 21.3. The number of carbonyl (C=O) groups excluding carboxylic acids is 1. The monoisotopic (exact) mass is 601 g/mol. The largest absolute Gasteiger partial charge is 0.506 e. The highest BCUT2D eigenvalue weighted by Crippen LogP contribution is 2.31. The van der Waals surface area contributed by atoms with Gasteiger partial charge in [0.25, 0.3) is 0 Å². The molecule has 1 amide bonds. The van der Waals surface area contributed by atoms with E-state index >= 15 is 0 Å². The van der Waals surface area contributed by atoms with Gasteiger partial charge < -0.3 is 30.2 Å². The Balaban J connectivity index is 1.38. The number of amides is 1. The van der Waals surface area contributed by atoms with E-state index in [1.165, 1.54) is 6.07 Å². The summed E-state index contributed by atoms with van der Waals surface area (Å²) >= 11 is 15.1. The average Bonchev–Trinajstić information content (AvgIpc) is 3.26. The summed E-state index contributed by atoms with van der Waals surface area (Å²) in [7, 11) is 0. The number of aliphatic hydroxyl groups is 1. The van der Waals surface area contributed by atoms with Gasteiger partial charge >= 0.3 is 11.0 Å². The van der Waals surface area contributed by atoms with Crippen LogP contribution in [-0.2, 0) is 11.2 Å². The first-order chi connectivity index (χ1) is 18.2. The standard InChI is InChI=1S/C26H33Cl2N3O5S2/c1-16(2)36-26(35)31(12-9-17-5-3-6-19(27)22(17)28)11-4-13-37-14-10-29-15-21(33)18-7-8-20(32)23-24(18)38-25(34)30-23/h3,5-8,16,21,29,32-33H,4,9-15H2,1-2H3,(H,30,34). The molecule has 0 saturated carbocycles. The van der Waals surface area contributed by atoms with Crippen LogP contribution < -0.4 is 10.2 Å². The fraction of sp³-hybridized carbons (Fsp3) is 0.462. The van der Waals surface area contributed by atoms with Crippen LogP contribution in [0.25, 0.3) is 10.2 Å². The number of hydrogen-bond acceptors (Lipinski definition) is 8. The first kappa shape index (κ1) is 30.6. The number of nitrogens with zero attached hydrogens (tertiary/aromatic N) is 1. The summed E-state index contributed by atoms with van der Waals surface area (Å²) in [5.41, 5.74) is 1.85. The minimum Gasteiger partial charge on any atom is -0.506 e. The van der Waals surface area contributed by atoms with E-state index in [1.807, 2.05) is 26.0 Å². The van der Waals surface area contributed by atoms with Crippen molar-refractivity contribution < 1.29 is 19.7 Å². The number of aliphatic hydroxyl groups excluding tert-OH is 1. The smallest absolute Gasteiger partial charge is 0.410 e. The third-order valence-electron chi connectivity index (χ3n) is 5.70. The number of fused-ring (bicyclic) bond motifs is 1. The van der Waals surface area contributed by atoms with Crippen molar-refractivity contribution in [3.05, 3.63) is 61.2 Å². The average molecular weight is 603 g/mol. The van der Waals surface area contributed by atoms with Gasteiger partial charge in [-0.05, 0) is 50.1 Å². The van der Waals surface area contributed by atoms with E-state index in [4.69, 9.17) is 27.9 Å². The summed E-state index contributed by atoms with van der Waals surface area (Å²) in [6.07, 6.45) is 0.0480. The van der Waals surface area contributed by atoms with E-state index in [0.717, 1.165) is 34.8 Å². The van der Waals surface area contributed by atoms with Crippen LogP contribution in [0.3, 0.4) is 0 Å². The predicted octanol–water partition coefficient (Wildman–Crippen LogP) is 5.44. The Kier molecular flexibility index (Phi) is 12.1. The second-order valence-electron chi connectivity index (χ2n) is 8.96. The zero-order chi connectivity index (χ0) is 27.7. The Hall–Kier alpha value is -1.95. The molecule has 0 aliphatic heterocycles. The molecule has 0 radical (unpaired) electrons. The molecular weight excluding hydrogens is 569 g/mol. The van der Waals surface area contributed by atoms with E-state index in [2.05, 4.69) is 10.3 Å². The Morgan fingerprint density at radius 2 is 2.00 bits per heavy atom. The molecule has 1 atom stereocenters. The predicted molar refractivity (Wildman–Crippen MR) is 157 cm³/mol. The molecule has 2 aromatic carbocycles. The van der Waals surface area contributed by atoms with Crippen molar-refractivity contribution in [2.45, 2.75) is 38.9 Å². The van der Waals surface area contributed by atoms with E-state index in [9.17, 15) is 19.8 Å². The number of nitrogens with one attached hydrogen (secondary N) is 2. The van der Waals surface area contributed by atoms with Gasteiger partial charge in [0, 0.05) is 37.5 Å². The van der Waals surface area contributed by atoms with Gasteiger partial charge in [-0.1, -0.05) is 52.7 Å². The molecule has 1 heterocycles. The molecule has 38 heavy (non-hydrogen) atoms. The second kappa shape index (κ2) is 15.0. The molecule has 0 saturated heterocycles. The van der Waals surface area contributed by atoms with Crippen molar-refractivity contribution in [2.24, 2.45) is 0 Å². The van der Waals surface area contributed by atoms with E-state index in [1.54, 1.807) is 28.8 Å².